The van der Waals surface area contributed by atoms with Crippen LogP contribution in [0.2, 0.25) is 0 Å². The maximum Gasteiger partial charge on any atom is 0.0767 e. The summed E-state index contributed by atoms with van der Waals surface area (Å²) in [5.74, 6) is 0.683. The normalized spacial score (nSPS) is 11.5. The second-order valence-corrected chi connectivity index (χ2v) is 5.87. The molecule has 0 radical (unpaired) electrons. The smallest absolute Gasteiger partial charge is 0.0767 e. The van der Waals surface area contributed by atoms with Gasteiger partial charge in [0, 0.05) is 25.5 Å². The predicted octanol–water partition coefficient (Wildman–Crippen LogP) is 4.07. The minimum Gasteiger partial charge on any atom is -0.296 e. The van der Waals surface area contributed by atoms with E-state index < -0.39 is 0 Å². The molecule has 0 fully saturated rings. The Kier molecular flexibility index (Phi) is 8.03. The van der Waals surface area contributed by atoms with Crippen molar-refractivity contribution in [1.82, 2.24) is 14.7 Å². The van der Waals surface area contributed by atoms with Gasteiger partial charge in [0.1, 0.15) is 0 Å². The maximum absolute atomic E-state index is 5.91. The number of nitrogens with zero attached hydrogens (tertiary/aromatic N) is 3. The standard InChI is InChI=1S/C14H25BrClN3/c1-4-7-9-18(10-8-16)11-13-14(15)12(5-2)17-19(13)6-3/h4-11H2,1-3H3. The van der Waals surface area contributed by atoms with Crippen LogP contribution >= 0.6 is 27.5 Å². The van der Waals surface area contributed by atoms with E-state index in [1.165, 1.54) is 23.0 Å². The van der Waals surface area contributed by atoms with Gasteiger partial charge in [-0.25, -0.2) is 0 Å². The van der Waals surface area contributed by atoms with Crippen LogP contribution in [0.1, 0.15) is 45.0 Å². The highest BCUT2D eigenvalue weighted by molar-refractivity contribution is 9.10. The summed E-state index contributed by atoms with van der Waals surface area (Å²) >= 11 is 9.62. The van der Waals surface area contributed by atoms with Crippen molar-refractivity contribution in [2.45, 2.75) is 53.1 Å². The summed E-state index contributed by atoms with van der Waals surface area (Å²) in [6.07, 6.45) is 3.40. The average molecular weight is 351 g/mol. The predicted molar refractivity (Wildman–Crippen MR) is 85.9 cm³/mol. The van der Waals surface area contributed by atoms with Gasteiger partial charge in [-0.3, -0.25) is 9.58 Å². The number of unbranched alkanes of at least 4 members (excludes halogenated alkanes) is 1. The summed E-state index contributed by atoms with van der Waals surface area (Å²) in [6, 6.07) is 0. The lowest BCUT2D eigenvalue weighted by molar-refractivity contribution is 0.267. The first-order valence-electron chi connectivity index (χ1n) is 7.20. The Balaban J connectivity index is 2.84. The highest BCUT2D eigenvalue weighted by Crippen LogP contribution is 2.23. The zero-order chi connectivity index (χ0) is 14.3. The molecule has 0 saturated carbocycles. The van der Waals surface area contributed by atoms with Gasteiger partial charge in [0.05, 0.1) is 15.9 Å². The Morgan fingerprint density at radius 1 is 1.26 bits per heavy atom. The van der Waals surface area contributed by atoms with Gasteiger partial charge in [-0.05, 0) is 42.2 Å². The molecule has 5 heteroatoms. The highest BCUT2D eigenvalue weighted by Gasteiger charge is 2.16. The van der Waals surface area contributed by atoms with Crippen molar-refractivity contribution < 1.29 is 0 Å². The van der Waals surface area contributed by atoms with Crippen LogP contribution in [-0.4, -0.2) is 33.6 Å². The Hall–Kier alpha value is -0.0600. The first-order valence-corrected chi connectivity index (χ1v) is 8.52. The van der Waals surface area contributed by atoms with Crippen LogP contribution in [0.3, 0.4) is 0 Å². The summed E-state index contributed by atoms with van der Waals surface area (Å²) in [4.78, 5) is 2.42. The van der Waals surface area contributed by atoms with Gasteiger partial charge in [0.25, 0.3) is 0 Å². The molecule has 1 rings (SSSR count). The second kappa shape index (κ2) is 8.98. The first kappa shape index (κ1) is 17.0. The van der Waals surface area contributed by atoms with Crippen molar-refractivity contribution in [2.24, 2.45) is 0 Å². The molecule has 0 aliphatic rings. The van der Waals surface area contributed by atoms with Crippen molar-refractivity contribution in [2.75, 3.05) is 19.0 Å². The van der Waals surface area contributed by atoms with Crippen LogP contribution in [0, 0.1) is 0 Å². The van der Waals surface area contributed by atoms with Crippen LogP contribution in [0.15, 0.2) is 4.47 Å². The molecule has 0 aliphatic heterocycles. The van der Waals surface area contributed by atoms with E-state index in [2.05, 4.69) is 51.4 Å². The molecule has 0 bridgehead atoms. The third kappa shape index (κ3) is 4.76. The molecule has 0 unspecified atom stereocenters. The first-order chi connectivity index (χ1) is 9.17. The van der Waals surface area contributed by atoms with E-state index >= 15 is 0 Å². The highest BCUT2D eigenvalue weighted by atomic mass is 79.9. The third-order valence-corrected chi connectivity index (χ3v) is 4.38. The minimum atomic E-state index is 0.683. The summed E-state index contributed by atoms with van der Waals surface area (Å²) in [7, 11) is 0. The molecule has 0 saturated heterocycles. The fourth-order valence-electron chi connectivity index (χ4n) is 2.15. The Morgan fingerprint density at radius 2 is 2.00 bits per heavy atom. The number of aryl methyl sites for hydroxylation is 2. The average Bonchev–Trinajstić information content (AvgIpc) is 2.72. The van der Waals surface area contributed by atoms with Crippen molar-refractivity contribution in [1.29, 1.82) is 0 Å². The number of hydrogen-bond donors (Lipinski definition) is 0. The van der Waals surface area contributed by atoms with E-state index in [0.717, 1.165) is 38.3 Å². The zero-order valence-corrected chi connectivity index (χ0v) is 14.6. The second-order valence-electron chi connectivity index (χ2n) is 4.70. The zero-order valence-electron chi connectivity index (χ0n) is 12.3. The van der Waals surface area contributed by atoms with Crippen LogP contribution < -0.4 is 0 Å². The van der Waals surface area contributed by atoms with E-state index in [-0.39, 0.29) is 0 Å². The molecular formula is C14H25BrClN3. The van der Waals surface area contributed by atoms with Gasteiger partial charge < -0.3 is 0 Å². The minimum absolute atomic E-state index is 0.683. The topological polar surface area (TPSA) is 21.1 Å². The molecule has 0 amide bonds. The van der Waals surface area contributed by atoms with Crippen LogP contribution in [0.5, 0.6) is 0 Å². The van der Waals surface area contributed by atoms with Crippen molar-refractivity contribution in [3.63, 3.8) is 0 Å². The van der Waals surface area contributed by atoms with Gasteiger partial charge >= 0.3 is 0 Å². The largest absolute Gasteiger partial charge is 0.296 e. The number of halogens is 2. The van der Waals surface area contributed by atoms with E-state index in [9.17, 15) is 0 Å². The Morgan fingerprint density at radius 3 is 2.53 bits per heavy atom. The van der Waals surface area contributed by atoms with Gasteiger partial charge in [0.15, 0.2) is 0 Å². The Bertz CT molecular complexity index is 379. The van der Waals surface area contributed by atoms with Crippen LogP contribution in [0.4, 0.5) is 0 Å². The van der Waals surface area contributed by atoms with Crippen molar-refractivity contribution >= 4 is 27.5 Å². The molecule has 110 valence electrons. The number of rotatable bonds is 9. The number of aromatic nitrogens is 2. The van der Waals surface area contributed by atoms with Crippen molar-refractivity contribution in [3.05, 3.63) is 15.9 Å². The van der Waals surface area contributed by atoms with Crippen molar-refractivity contribution in [3.8, 4) is 0 Å². The lowest BCUT2D eigenvalue weighted by Gasteiger charge is -2.21. The van der Waals surface area contributed by atoms with Gasteiger partial charge in [0.2, 0.25) is 0 Å². The molecule has 3 nitrogen and oxygen atoms in total. The van der Waals surface area contributed by atoms with Gasteiger partial charge in [-0.2, -0.15) is 5.10 Å². The van der Waals surface area contributed by atoms with E-state index in [1.54, 1.807) is 0 Å². The molecule has 19 heavy (non-hydrogen) atoms. The Labute approximate surface area is 130 Å². The molecule has 1 aromatic heterocycles. The lowest BCUT2D eigenvalue weighted by Crippen LogP contribution is -2.28. The molecule has 0 atom stereocenters. The lowest BCUT2D eigenvalue weighted by atomic mass is 10.2. The van der Waals surface area contributed by atoms with E-state index in [1.807, 2.05) is 0 Å². The molecule has 0 aromatic carbocycles. The summed E-state index contributed by atoms with van der Waals surface area (Å²) in [5.41, 5.74) is 2.43. The summed E-state index contributed by atoms with van der Waals surface area (Å²) < 4.78 is 3.28. The SMILES string of the molecule is CCCCN(CCCl)Cc1c(Br)c(CC)nn1CC. The quantitative estimate of drug-likeness (QED) is 0.626. The third-order valence-electron chi connectivity index (χ3n) is 3.30. The molecular weight excluding hydrogens is 326 g/mol. The molecule has 1 heterocycles. The molecule has 1 aromatic rings. The fraction of sp³-hybridized carbons (Fsp3) is 0.786. The van der Waals surface area contributed by atoms with Crippen LogP contribution in [0.25, 0.3) is 0 Å². The fourth-order valence-corrected chi connectivity index (χ4v) is 3.08. The van der Waals surface area contributed by atoms with Crippen LogP contribution in [-0.2, 0) is 19.5 Å². The van der Waals surface area contributed by atoms with E-state index in [0.29, 0.717) is 5.88 Å². The summed E-state index contributed by atoms with van der Waals surface area (Å²) in [6.45, 7) is 10.4. The van der Waals surface area contributed by atoms with Gasteiger partial charge in [-0.1, -0.05) is 20.3 Å². The van der Waals surface area contributed by atoms with E-state index in [4.69, 9.17) is 11.6 Å². The molecule has 0 aliphatic carbocycles. The number of alkyl halides is 1. The monoisotopic (exact) mass is 349 g/mol. The molecule has 0 N–H and O–H groups in total. The maximum atomic E-state index is 5.91. The summed E-state index contributed by atoms with van der Waals surface area (Å²) in [5, 5.41) is 4.65. The van der Waals surface area contributed by atoms with Gasteiger partial charge in [-0.15, -0.1) is 11.6 Å². The molecule has 0 spiro atoms. The number of hydrogen-bond acceptors (Lipinski definition) is 2.